The molecule has 0 fully saturated rings. The molecule has 0 bridgehead atoms. The third kappa shape index (κ3) is 4.31. The molecule has 0 radical (unpaired) electrons. The van der Waals surface area contributed by atoms with Crippen molar-refractivity contribution in [2.24, 2.45) is 0 Å². The number of carbonyl (C=O) groups excluding carboxylic acids is 2. The van der Waals surface area contributed by atoms with E-state index >= 15 is 0 Å². The number of amides is 2. The molecule has 6 nitrogen and oxygen atoms in total. The lowest BCUT2D eigenvalue weighted by atomic mass is 10.1. The van der Waals surface area contributed by atoms with E-state index in [4.69, 9.17) is 5.21 Å². The Morgan fingerprint density at radius 3 is 2.54 bits per heavy atom. The van der Waals surface area contributed by atoms with Crippen molar-refractivity contribution in [2.45, 2.75) is 6.54 Å². The molecule has 3 N–H and O–H groups in total. The molecule has 3 rings (SSSR count). The van der Waals surface area contributed by atoms with Gasteiger partial charge in [-0.25, -0.2) is 10.5 Å². The summed E-state index contributed by atoms with van der Waals surface area (Å²) in [4.78, 5) is 27.6. The number of fused-ring (bicyclic) bond motifs is 1. The molecule has 0 aliphatic rings. The van der Waals surface area contributed by atoms with Gasteiger partial charge < -0.3 is 5.32 Å². The van der Waals surface area contributed by atoms with Gasteiger partial charge in [0.15, 0.2) is 0 Å². The Hall–Kier alpha value is -3.51. The van der Waals surface area contributed by atoms with Gasteiger partial charge in [-0.15, -0.1) is 0 Å². The lowest BCUT2D eigenvalue weighted by molar-refractivity contribution is -0.124. The zero-order valence-corrected chi connectivity index (χ0v) is 13.8. The molecule has 3 aromatic rings. The Labute approximate surface area is 150 Å². The highest BCUT2D eigenvalue weighted by molar-refractivity contribution is 5.94. The van der Waals surface area contributed by atoms with Crippen LogP contribution in [0.25, 0.3) is 17.0 Å². The van der Waals surface area contributed by atoms with Gasteiger partial charge in [0.1, 0.15) is 5.69 Å². The molecule has 0 aliphatic carbocycles. The maximum atomic E-state index is 12.3. The van der Waals surface area contributed by atoms with Crippen molar-refractivity contribution in [3.8, 4) is 0 Å². The van der Waals surface area contributed by atoms with E-state index in [0.29, 0.717) is 12.2 Å². The number of rotatable bonds is 5. The molecule has 2 amide bonds. The van der Waals surface area contributed by atoms with Crippen LogP contribution in [0.5, 0.6) is 0 Å². The minimum absolute atomic E-state index is 0.237. The van der Waals surface area contributed by atoms with Gasteiger partial charge in [-0.05, 0) is 29.3 Å². The average Bonchev–Trinajstić information content (AvgIpc) is 2.70. The Kier molecular flexibility index (Phi) is 5.36. The number of hydrogen-bond acceptors (Lipinski definition) is 4. The fraction of sp³-hybridized carbons (Fsp3) is 0.0500. The molecule has 2 aromatic carbocycles. The predicted molar refractivity (Wildman–Crippen MR) is 98.3 cm³/mol. The number of para-hydroxylation sites is 1. The van der Waals surface area contributed by atoms with Gasteiger partial charge in [-0.1, -0.05) is 48.5 Å². The maximum Gasteiger partial charge on any atom is 0.270 e. The summed E-state index contributed by atoms with van der Waals surface area (Å²) in [5, 5.41) is 12.3. The number of hydroxylamine groups is 1. The highest BCUT2D eigenvalue weighted by Gasteiger charge is 2.07. The average molecular weight is 347 g/mol. The van der Waals surface area contributed by atoms with Crippen LogP contribution in [0.4, 0.5) is 0 Å². The number of benzene rings is 2. The zero-order valence-electron chi connectivity index (χ0n) is 13.8. The largest absolute Gasteiger partial charge is 0.347 e. The molecule has 130 valence electrons. The van der Waals surface area contributed by atoms with Crippen LogP contribution in [0.1, 0.15) is 21.6 Å². The van der Waals surface area contributed by atoms with E-state index in [1.165, 1.54) is 11.6 Å². The molecule has 0 saturated carbocycles. The van der Waals surface area contributed by atoms with Gasteiger partial charge in [-0.3, -0.25) is 14.8 Å². The van der Waals surface area contributed by atoms with Crippen molar-refractivity contribution in [1.29, 1.82) is 0 Å². The third-order valence-electron chi connectivity index (χ3n) is 3.80. The van der Waals surface area contributed by atoms with Crippen LogP contribution in [-0.4, -0.2) is 22.0 Å². The number of pyridine rings is 1. The number of hydrogen-bond donors (Lipinski definition) is 3. The Bertz CT molecular complexity index is 965. The number of carbonyl (C=O) groups is 2. The second-order valence-corrected chi connectivity index (χ2v) is 5.62. The predicted octanol–water partition coefficient (Wildman–Crippen LogP) is 2.68. The Morgan fingerprint density at radius 2 is 1.77 bits per heavy atom. The van der Waals surface area contributed by atoms with Crippen LogP contribution < -0.4 is 10.8 Å². The van der Waals surface area contributed by atoms with Crippen molar-refractivity contribution >= 4 is 28.8 Å². The second kappa shape index (κ2) is 8.04. The molecular weight excluding hydrogens is 330 g/mol. The Balaban J connectivity index is 1.61. The van der Waals surface area contributed by atoms with Crippen molar-refractivity contribution in [3.63, 3.8) is 0 Å². The summed E-state index contributed by atoms with van der Waals surface area (Å²) in [7, 11) is 0. The van der Waals surface area contributed by atoms with Gasteiger partial charge >= 0.3 is 0 Å². The summed E-state index contributed by atoms with van der Waals surface area (Å²) in [6.07, 6.45) is 2.80. The third-order valence-corrected chi connectivity index (χ3v) is 3.80. The zero-order chi connectivity index (χ0) is 18.4. The summed E-state index contributed by atoms with van der Waals surface area (Å²) in [6.45, 7) is 0.370. The van der Waals surface area contributed by atoms with Crippen LogP contribution in [0.15, 0.2) is 66.7 Å². The molecule has 1 aromatic heterocycles. The van der Waals surface area contributed by atoms with E-state index in [1.54, 1.807) is 12.1 Å². The SMILES string of the molecule is O=C(C=Cc1ccc(CNC(=O)c2ccc3ccccc3n2)cc1)NO. The molecule has 6 heteroatoms. The van der Waals surface area contributed by atoms with E-state index in [9.17, 15) is 9.59 Å². The standard InChI is InChI=1S/C20H17N3O3/c24-19(23-26)12-9-14-5-7-15(8-6-14)13-21-20(25)18-11-10-16-3-1-2-4-17(16)22-18/h1-12,26H,13H2,(H,21,25)(H,23,24). The lowest BCUT2D eigenvalue weighted by Gasteiger charge is -2.06. The van der Waals surface area contributed by atoms with Gasteiger partial charge in [0.25, 0.3) is 11.8 Å². The minimum atomic E-state index is -0.593. The number of nitrogens with one attached hydrogen (secondary N) is 2. The molecule has 1 heterocycles. The van der Waals surface area contributed by atoms with Gasteiger partial charge in [-0.2, -0.15) is 0 Å². The summed E-state index contributed by atoms with van der Waals surface area (Å²) in [6, 6.07) is 18.6. The maximum absolute atomic E-state index is 12.3. The van der Waals surface area contributed by atoms with Gasteiger partial charge in [0.2, 0.25) is 0 Å². The first-order valence-corrected chi connectivity index (χ1v) is 8.01. The molecule has 0 aliphatic heterocycles. The van der Waals surface area contributed by atoms with E-state index in [1.807, 2.05) is 54.6 Å². The van der Waals surface area contributed by atoms with E-state index in [0.717, 1.165) is 22.0 Å². The van der Waals surface area contributed by atoms with Crippen molar-refractivity contribution < 1.29 is 14.8 Å². The fourth-order valence-electron chi connectivity index (χ4n) is 2.42. The van der Waals surface area contributed by atoms with Crippen LogP contribution in [0.3, 0.4) is 0 Å². The van der Waals surface area contributed by atoms with Crippen LogP contribution in [0.2, 0.25) is 0 Å². The second-order valence-electron chi connectivity index (χ2n) is 5.62. The fourth-order valence-corrected chi connectivity index (χ4v) is 2.42. The molecule has 0 unspecified atom stereocenters. The van der Waals surface area contributed by atoms with Crippen LogP contribution in [0, 0.1) is 0 Å². The quantitative estimate of drug-likeness (QED) is 0.376. The molecule has 26 heavy (non-hydrogen) atoms. The smallest absolute Gasteiger partial charge is 0.270 e. The Morgan fingerprint density at radius 1 is 1.00 bits per heavy atom. The molecule has 0 atom stereocenters. The van der Waals surface area contributed by atoms with E-state index in [2.05, 4.69) is 10.3 Å². The monoisotopic (exact) mass is 347 g/mol. The highest BCUT2D eigenvalue weighted by Crippen LogP contribution is 2.12. The van der Waals surface area contributed by atoms with Crippen LogP contribution >= 0.6 is 0 Å². The molecular formula is C20H17N3O3. The van der Waals surface area contributed by atoms with Gasteiger partial charge in [0, 0.05) is 18.0 Å². The molecule has 0 spiro atoms. The first-order chi connectivity index (χ1) is 12.7. The number of aromatic nitrogens is 1. The summed E-state index contributed by atoms with van der Waals surface area (Å²) >= 11 is 0. The normalized spacial score (nSPS) is 10.8. The summed E-state index contributed by atoms with van der Waals surface area (Å²) < 4.78 is 0. The lowest BCUT2D eigenvalue weighted by Crippen LogP contribution is -2.23. The first kappa shape index (κ1) is 17.3. The van der Waals surface area contributed by atoms with Crippen molar-refractivity contribution in [2.75, 3.05) is 0 Å². The van der Waals surface area contributed by atoms with E-state index < -0.39 is 5.91 Å². The highest BCUT2D eigenvalue weighted by atomic mass is 16.5. The first-order valence-electron chi connectivity index (χ1n) is 8.01. The van der Waals surface area contributed by atoms with E-state index in [-0.39, 0.29) is 5.91 Å². The van der Waals surface area contributed by atoms with Gasteiger partial charge in [0.05, 0.1) is 5.52 Å². The summed E-state index contributed by atoms with van der Waals surface area (Å²) in [5.41, 5.74) is 4.41. The van der Waals surface area contributed by atoms with Crippen molar-refractivity contribution in [3.05, 3.63) is 83.6 Å². The molecule has 0 saturated heterocycles. The summed E-state index contributed by atoms with van der Waals surface area (Å²) in [5.74, 6) is -0.830. The topological polar surface area (TPSA) is 91.3 Å². The van der Waals surface area contributed by atoms with Crippen LogP contribution in [-0.2, 0) is 11.3 Å². The van der Waals surface area contributed by atoms with Crippen molar-refractivity contribution in [1.82, 2.24) is 15.8 Å². The minimum Gasteiger partial charge on any atom is -0.347 e. The number of nitrogens with zero attached hydrogens (tertiary/aromatic N) is 1.